The third-order valence-corrected chi connectivity index (χ3v) is 2.48. The molecule has 0 spiro atoms. The maximum atomic E-state index is 11.4. The standard InChI is InChI=1S/C11H13BrO2/c1-3-14-11(13)8(2)9-5-4-6-10(12)7-9/h4-8H,3H2,1-2H3/t8-/m0/s1. The Labute approximate surface area is 92.4 Å². The highest BCUT2D eigenvalue weighted by Gasteiger charge is 2.15. The minimum Gasteiger partial charge on any atom is -0.466 e. The van der Waals surface area contributed by atoms with E-state index in [0.717, 1.165) is 10.0 Å². The second-order valence-electron chi connectivity index (χ2n) is 3.03. The molecule has 0 bridgehead atoms. The van der Waals surface area contributed by atoms with Gasteiger partial charge in [0.2, 0.25) is 0 Å². The lowest BCUT2D eigenvalue weighted by Crippen LogP contribution is -2.12. The predicted molar refractivity (Wildman–Crippen MR) is 59.2 cm³/mol. The van der Waals surface area contributed by atoms with Gasteiger partial charge in [0.15, 0.2) is 0 Å². The molecular formula is C11H13BrO2. The first-order valence-electron chi connectivity index (χ1n) is 4.57. The fourth-order valence-electron chi connectivity index (χ4n) is 1.18. The van der Waals surface area contributed by atoms with E-state index in [1.807, 2.05) is 38.1 Å². The molecule has 14 heavy (non-hydrogen) atoms. The summed E-state index contributed by atoms with van der Waals surface area (Å²) in [5.74, 6) is -0.377. The SMILES string of the molecule is CCOC(=O)[C@@H](C)c1cccc(Br)c1. The highest BCUT2D eigenvalue weighted by atomic mass is 79.9. The zero-order valence-corrected chi connectivity index (χ0v) is 9.87. The van der Waals surface area contributed by atoms with Crippen LogP contribution in [0.1, 0.15) is 25.3 Å². The lowest BCUT2D eigenvalue weighted by Gasteiger charge is -2.10. The minimum absolute atomic E-state index is 0.175. The van der Waals surface area contributed by atoms with Crippen molar-refractivity contribution in [3.63, 3.8) is 0 Å². The van der Waals surface area contributed by atoms with Crippen LogP contribution in [0, 0.1) is 0 Å². The molecule has 1 aromatic rings. The third kappa shape index (κ3) is 2.84. The van der Waals surface area contributed by atoms with Gasteiger partial charge in [-0.1, -0.05) is 28.1 Å². The smallest absolute Gasteiger partial charge is 0.313 e. The number of hydrogen-bond acceptors (Lipinski definition) is 2. The summed E-state index contributed by atoms with van der Waals surface area (Å²) in [4.78, 5) is 11.4. The number of ether oxygens (including phenoxy) is 1. The lowest BCUT2D eigenvalue weighted by atomic mass is 10.0. The maximum absolute atomic E-state index is 11.4. The molecule has 0 aliphatic carbocycles. The van der Waals surface area contributed by atoms with Crippen molar-refractivity contribution < 1.29 is 9.53 Å². The Balaban J connectivity index is 2.78. The Morgan fingerprint density at radius 2 is 2.29 bits per heavy atom. The van der Waals surface area contributed by atoms with E-state index in [2.05, 4.69) is 15.9 Å². The number of hydrogen-bond donors (Lipinski definition) is 0. The first-order valence-corrected chi connectivity index (χ1v) is 5.36. The van der Waals surface area contributed by atoms with Gasteiger partial charge < -0.3 is 4.74 Å². The number of benzene rings is 1. The molecule has 1 rings (SSSR count). The van der Waals surface area contributed by atoms with Gasteiger partial charge in [0.05, 0.1) is 12.5 Å². The molecule has 0 N–H and O–H groups in total. The van der Waals surface area contributed by atoms with Crippen LogP contribution in [0.25, 0.3) is 0 Å². The number of rotatable bonds is 3. The molecule has 0 aliphatic rings. The van der Waals surface area contributed by atoms with Crippen molar-refractivity contribution >= 4 is 21.9 Å². The van der Waals surface area contributed by atoms with Crippen LogP contribution >= 0.6 is 15.9 Å². The quantitative estimate of drug-likeness (QED) is 0.777. The average Bonchev–Trinajstić information content (AvgIpc) is 2.17. The predicted octanol–water partition coefficient (Wildman–Crippen LogP) is 3.12. The van der Waals surface area contributed by atoms with Crippen molar-refractivity contribution in [1.82, 2.24) is 0 Å². The van der Waals surface area contributed by atoms with Crippen LogP contribution in [0.15, 0.2) is 28.7 Å². The van der Waals surface area contributed by atoms with Gasteiger partial charge in [0.1, 0.15) is 0 Å². The zero-order chi connectivity index (χ0) is 10.6. The summed E-state index contributed by atoms with van der Waals surface area (Å²) in [6.45, 7) is 4.09. The summed E-state index contributed by atoms with van der Waals surface area (Å²) in [6.07, 6.45) is 0. The van der Waals surface area contributed by atoms with Gasteiger partial charge in [0, 0.05) is 4.47 Å². The number of halogens is 1. The van der Waals surface area contributed by atoms with Gasteiger partial charge in [-0.3, -0.25) is 4.79 Å². The summed E-state index contributed by atoms with van der Waals surface area (Å²) in [5, 5.41) is 0. The van der Waals surface area contributed by atoms with E-state index in [1.165, 1.54) is 0 Å². The monoisotopic (exact) mass is 256 g/mol. The largest absolute Gasteiger partial charge is 0.466 e. The highest BCUT2D eigenvalue weighted by molar-refractivity contribution is 9.10. The van der Waals surface area contributed by atoms with Gasteiger partial charge in [-0.25, -0.2) is 0 Å². The maximum Gasteiger partial charge on any atom is 0.313 e. The molecule has 0 unspecified atom stereocenters. The molecule has 0 heterocycles. The Bertz CT molecular complexity index is 323. The molecule has 0 fully saturated rings. The molecule has 1 atom stereocenters. The van der Waals surface area contributed by atoms with Gasteiger partial charge in [-0.15, -0.1) is 0 Å². The van der Waals surface area contributed by atoms with E-state index in [9.17, 15) is 4.79 Å². The molecule has 0 amide bonds. The minimum atomic E-state index is -0.201. The zero-order valence-electron chi connectivity index (χ0n) is 8.29. The van der Waals surface area contributed by atoms with Crippen LogP contribution < -0.4 is 0 Å². The summed E-state index contributed by atoms with van der Waals surface area (Å²) in [5.41, 5.74) is 0.970. The molecule has 0 saturated heterocycles. The number of carbonyl (C=O) groups is 1. The van der Waals surface area contributed by atoms with Crippen molar-refractivity contribution in [2.75, 3.05) is 6.61 Å². The molecular weight excluding hydrogens is 244 g/mol. The summed E-state index contributed by atoms with van der Waals surface area (Å²) in [7, 11) is 0. The van der Waals surface area contributed by atoms with Crippen LogP contribution in [0.3, 0.4) is 0 Å². The van der Waals surface area contributed by atoms with E-state index in [1.54, 1.807) is 0 Å². The molecule has 0 radical (unpaired) electrons. The Morgan fingerprint density at radius 3 is 2.86 bits per heavy atom. The fraction of sp³-hybridized carbons (Fsp3) is 0.364. The third-order valence-electron chi connectivity index (χ3n) is 1.99. The lowest BCUT2D eigenvalue weighted by molar-refractivity contribution is -0.144. The van der Waals surface area contributed by atoms with E-state index >= 15 is 0 Å². The van der Waals surface area contributed by atoms with Gasteiger partial charge in [0.25, 0.3) is 0 Å². The number of carbonyl (C=O) groups excluding carboxylic acids is 1. The Morgan fingerprint density at radius 1 is 1.57 bits per heavy atom. The van der Waals surface area contributed by atoms with Crippen LogP contribution in [0.4, 0.5) is 0 Å². The van der Waals surface area contributed by atoms with Crippen molar-refractivity contribution in [2.45, 2.75) is 19.8 Å². The Kier molecular flexibility index (Phi) is 4.14. The first-order chi connectivity index (χ1) is 6.65. The van der Waals surface area contributed by atoms with Crippen LogP contribution in [-0.4, -0.2) is 12.6 Å². The first kappa shape index (κ1) is 11.2. The van der Waals surface area contributed by atoms with E-state index in [0.29, 0.717) is 6.61 Å². The Hall–Kier alpha value is -0.830. The molecule has 0 aliphatic heterocycles. The van der Waals surface area contributed by atoms with E-state index in [4.69, 9.17) is 4.74 Å². The van der Waals surface area contributed by atoms with Crippen LogP contribution in [0.2, 0.25) is 0 Å². The summed E-state index contributed by atoms with van der Waals surface area (Å²) >= 11 is 3.37. The molecule has 76 valence electrons. The van der Waals surface area contributed by atoms with Crippen molar-refractivity contribution in [3.05, 3.63) is 34.3 Å². The highest BCUT2D eigenvalue weighted by Crippen LogP contribution is 2.20. The topological polar surface area (TPSA) is 26.3 Å². The average molecular weight is 257 g/mol. The summed E-state index contributed by atoms with van der Waals surface area (Å²) < 4.78 is 5.92. The molecule has 0 aromatic heterocycles. The van der Waals surface area contributed by atoms with Crippen molar-refractivity contribution in [1.29, 1.82) is 0 Å². The molecule has 3 heteroatoms. The van der Waals surface area contributed by atoms with Gasteiger partial charge in [-0.05, 0) is 31.5 Å². The molecule has 2 nitrogen and oxygen atoms in total. The van der Waals surface area contributed by atoms with Crippen LogP contribution in [0.5, 0.6) is 0 Å². The van der Waals surface area contributed by atoms with Crippen LogP contribution in [-0.2, 0) is 9.53 Å². The van der Waals surface area contributed by atoms with Crippen molar-refractivity contribution in [3.8, 4) is 0 Å². The van der Waals surface area contributed by atoms with Crippen molar-refractivity contribution in [2.24, 2.45) is 0 Å². The van der Waals surface area contributed by atoms with E-state index in [-0.39, 0.29) is 11.9 Å². The van der Waals surface area contributed by atoms with E-state index < -0.39 is 0 Å². The van der Waals surface area contributed by atoms with Gasteiger partial charge >= 0.3 is 5.97 Å². The fourth-order valence-corrected chi connectivity index (χ4v) is 1.60. The van der Waals surface area contributed by atoms with Gasteiger partial charge in [-0.2, -0.15) is 0 Å². The summed E-state index contributed by atoms with van der Waals surface area (Å²) in [6, 6.07) is 7.70. The molecule has 1 aromatic carbocycles. The molecule has 0 saturated carbocycles. The normalized spacial score (nSPS) is 12.2. The number of esters is 1. The second-order valence-corrected chi connectivity index (χ2v) is 3.94. The second kappa shape index (κ2) is 5.15.